The highest BCUT2D eigenvalue weighted by atomic mass is 16.5. The number of methoxy groups -OCH3 is 1. The van der Waals surface area contributed by atoms with Gasteiger partial charge in [0, 0.05) is 26.2 Å². The number of hydrogen-bond acceptors (Lipinski definition) is 5. The van der Waals surface area contributed by atoms with Crippen LogP contribution >= 0.6 is 0 Å². The van der Waals surface area contributed by atoms with Crippen molar-refractivity contribution < 1.29 is 18.7 Å². The molecule has 1 aromatic heterocycles. The van der Waals surface area contributed by atoms with Crippen LogP contribution in [0.4, 0.5) is 0 Å². The van der Waals surface area contributed by atoms with Gasteiger partial charge in [-0.05, 0) is 38.4 Å². The summed E-state index contributed by atoms with van der Waals surface area (Å²) in [5.41, 5.74) is -0.0635. The van der Waals surface area contributed by atoms with Gasteiger partial charge in [-0.3, -0.25) is 9.69 Å². The third-order valence-corrected chi connectivity index (χ3v) is 5.09. The maximum atomic E-state index is 11.9. The van der Waals surface area contributed by atoms with Crippen molar-refractivity contribution in [1.82, 2.24) is 9.80 Å². The summed E-state index contributed by atoms with van der Waals surface area (Å²) in [5.74, 6) is 1.06. The van der Waals surface area contributed by atoms with E-state index in [0.717, 1.165) is 51.3 Å². The number of hydrogen-bond donors (Lipinski definition) is 0. The second-order valence-electron chi connectivity index (χ2n) is 6.66. The second kappa shape index (κ2) is 7.03. The van der Waals surface area contributed by atoms with E-state index in [9.17, 15) is 4.79 Å². The average Bonchev–Trinajstić information content (AvgIpc) is 3.19. The molecule has 128 valence electrons. The summed E-state index contributed by atoms with van der Waals surface area (Å²) in [6.07, 6.45) is 4.56. The molecule has 1 amide bonds. The van der Waals surface area contributed by atoms with Gasteiger partial charge in [-0.2, -0.15) is 0 Å². The summed E-state index contributed by atoms with van der Waals surface area (Å²) in [4.78, 5) is 16.1. The Kier molecular flexibility index (Phi) is 5.04. The minimum Gasteiger partial charge on any atom is -0.468 e. The zero-order valence-electron chi connectivity index (χ0n) is 14.0. The summed E-state index contributed by atoms with van der Waals surface area (Å²) in [7, 11) is 3.68. The minimum atomic E-state index is -0.0635. The molecule has 1 spiro atoms. The molecule has 2 aliphatic rings. The van der Waals surface area contributed by atoms with Crippen molar-refractivity contribution in [3.63, 3.8) is 0 Å². The zero-order valence-corrected chi connectivity index (χ0v) is 14.0. The number of ether oxygens (including phenoxy) is 2. The summed E-state index contributed by atoms with van der Waals surface area (Å²) >= 11 is 0. The number of likely N-dealkylation sites (N-methyl/N-ethyl adjacent to an activating group) is 1. The lowest BCUT2D eigenvalue weighted by atomic mass is 9.87. The first-order valence-electron chi connectivity index (χ1n) is 8.25. The Labute approximate surface area is 137 Å². The van der Waals surface area contributed by atoms with Gasteiger partial charge in [0.15, 0.2) is 0 Å². The van der Waals surface area contributed by atoms with Crippen LogP contribution in [0.2, 0.25) is 0 Å². The number of carbonyl (C=O) groups excluding carboxylic acids is 1. The normalized spacial score (nSPS) is 23.8. The molecule has 2 saturated heterocycles. The van der Waals surface area contributed by atoms with Crippen molar-refractivity contribution in [1.29, 1.82) is 0 Å². The highest BCUT2D eigenvalue weighted by molar-refractivity contribution is 5.77. The van der Waals surface area contributed by atoms with Crippen molar-refractivity contribution in [3.8, 4) is 0 Å². The third kappa shape index (κ3) is 3.76. The fraction of sp³-hybridized carbons (Fsp3) is 0.706. The maximum absolute atomic E-state index is 11.9. The summed E-state index contributed by atoms with van der Waals surface area (Å²) in [6.45, 7) is 3.24. The standard InChI is InChI=1S/C17H26N2O4/c1-18(11-15-4-3-9-22-15)14-10-17(23-12-14)5-7-19(8-6-17)16(20)13-21-2/h3-4,9,14H,5-8,10-13H2,1-2H3. The number of likely N-dealkylation sites (tertiary alicyclic amines) is 1. The fourth-order valence-corrected chi connectivity index (χ4v) is 3.61. The largest absolute Gasteiger partial charge is 0.468 e. The van der Waals surface area contributed by atoms with Crippen molar-refractivity contribution in [2.24, 2.45) is 0 Å². The first kappa shape index (κ1) is 16.5. The van der Waals surface area contributed by atoms with Crippen LogP contribution in [0, 0.1) is 0 Å². The molecule has 0 aromatic carbocycles. The molecule has 6 nitrogen and oxygen atoms in total. The molecule has 0 aliphatic carbocycles. The van der Waals surface area contributed by atoms with Gasteiger partial charge >= 0.3 is 0 Å². The van der Waals surface area contributed by atoms with E-state index in [1.807, 2.05) is 17.0 Å². The van der Waals surface area contributed by atoms with Crippen LogP contribution in [-0.2, 0) is 20.8 Å². The van der Waals surface area contributed by atoms with E-state index < -0.39 is 0 Å². The molecule has 0 saturated carbocycles. The zero-order chi connectivity index (χ0) is 16.3. The highest BCUT2D eigenvalue weighted by Crippen LogP contribution is 2.37. The summed E-state index contributed by atoms with van der Waals surface area (Å²) < 4.78 is 16.5. The summed E-state index contributed by atoms with van der Waals surface area (Å²) in [5, 5.41) is 0. The quantitative estimate of drug-likeness (QED) is 0.822. The lowest BCUT2D eigenvalue weighted by Crippen LogP contribution is -2.47. The van der Waals surface area contributed by atoms with Gasteiger partial charge in [0.05, 0.1) is 25.0 Å². The van der Waals surface area contributed by atoms with Crippen LogP contribution in [0.25, 0.3) is 0 Å². The Morgan fingerprint density at radius 3 is 2.91 bits per heavy atom. The van der Waals surface area contributed by atoms with E-state index >= 15 is 0 Å². The fourth-order valence-electron chi connectivity index (χ4n) is 3.61. The van der Waals surface area contributed by atoms with Gasteiger partial charge in [0.25, 0.3) is 0 Å². The van der Waals surface area contributed by atoms with Crippen molar-refractivity contribution in [3.05, 3.63) is 24.2 Å². The second-order valence-corrected chi connectivity index (χ2v) is 6.66. The van der Waals surface area contributed by atoms with Gasteiger partial charge < -0.3 is 18.8 Å². The molecule has 6 heteroatoms. The lowest BCUT2D eigenvalue weighted by Gasteiger charge is -2.38. The van der Waals surface area contributed by atoms with Crippen LogP contribution in [-0.4, -0.2) is 67.8 Å². The first-order valence-corrected chi connectivity index (χ1v) is 8.25. The Hall–Kier alpha value is -1.37. The average molecular weight is 322 g/mol. The molecular formula is C17H26N2O4. The van der Waals surface area contributed by atoms with Crippen LogP contribution in [0.15, 0.2) is 22.8 Å². The Morgan fingerprint density at radius 2 is 2.26 bits per heavy atom. The van der Waals surface area contributed by atoms with Crippen LogP contribution < -0.4 is 0 Å². The molecule has 0 N–H and O–H groups in total. The Balaban J connectivity index is 1.50. The van der Waals surface area contributed by atoms with Crippen molar-refractivity contribution in [2.75, 3.05) is 40.5 Å². The molecule has 3 heterocycles. The van der Waals surface area contributed by atoms with E-state index in [1.54, 1.807) is 13.4 Å². The van der Waals surface area contributed by atoms with Gasteiger partial charge in [0.1, 0.15) is 12.4 Å². The molecule has 3 rings (SSSR count). The van der Waals surface area contributed by atoms with Gasteiger partial charge in [0.2, 0.25) is 5.91 Å². The van der Waals surface area contributed by atoms with E-state index in [2.05, 4.69) is 11.9 Å². The molecule has 0 bridgehead atoms. The molecule has 1 unspecified atom stereocenters. The number of carbonyl (C=O) groups is 1. The number of rotatable bonds is 5. The Morgan fingerprint density at radius 1 is 1.48 bits per heavy atom. The summed E-state index contributed by atoms with van der Waals surface area (Å²) in [6, 6.07) is 4.33. The van der Waals surface area contributed by atoms with E-state index in [4.69, 9.17) is 13.9 Å². The lowest BCUT2D eigenvalue weighted by molar-refractivity contribution is -0.139. The molecule has 0 radical (unpaired) electrons. The van der Waals surface area contributed by atoms with Crippen LogP contribution in [0.3, 0.4) is 0 Å². The first-order chi connectivity index (χ1) is 11.1. The van der Waals surface area contributed by atoms with Gasteiger partial charge in [-0.1, -0.05) is 0 Å². The predicted octanol–water partition coefficient (Wildman–Crippen LogP) is 1.51. The molecule has 1 atom stereocenters. The number of amides is 1. The molecule has 23 heavy (non-hydrogen) atoms. The van der Waals surface area contributed by atoms with Crippen LogP contribution in [0.5, 0.6) is 0 Å². The maximum Gasteiger partial charge on any atom is 0.248 e. The smallest absolute Gasteiger partial charge is 0.248 e. The number of nitrogens with zero attached hydrogens (tertiary/aromatic N) is 2. The SMILES string of the molecule is COCC(=O)N1CCC2(CC1)CC(N(C)Cc1ccco1)CO2. The van der Waals surface area contributed by atoms with E-state index in [-0.39, 0.29) is 18.1 Å². The minimum absolute atomic E-state index is 0.0635. The van der Waals surface area contributed by atoms with Crippen LogP contribution in [0.1, 0.15) is 25.0 Å². The predicted molar refractivity (Wildman–Crippen MR) is 85.0 cm³/mol. The van der Waals surface area contributed by atoms with Gasteiger partial charge in [-0.25, -0.2) is 0 Å². The van der Waals surface area contributed by atoms with E-state index in [1.165, 1.54) is 0 Å². The third-order valence-electron chi connectivity index (χ3n) is 5.09. The molecule has 1 aromatic rings. The molecule has 2 fully saturated rings. The topological polar surface area (TPSA) is 55.2 Å². The van der Waals surface area contributed by atoms with E-state index in [0.29, 0.717) is 6.04 Å². The molecular weight excluding hydrogens is 296 g/mol. The number of furan rings is 1. The Bertz CT molecular complexity index is 509. The van der Waals surface area contributed by atoms with Crippen molar-refractivity contribution in [2.45, 2.75) is 37.5 Å². The van der Waals surface area contributed by atoms with Crippen molar-refractivity contribution >= 4 is 5.91 Å². The van der Waals surface area contributed by atoms with Gasteiger partial charge in [-0.15, -0.1) is 0 Å². The molecule has 2 aliphatic heterocycles. The number of piperidine rings is 1. The monoisotopic (exact) mass is 322 g/mol. The highest BCUT2D eigenvalue weighted by Gasteiger charge is 2.44.